The minimum atomic E-state index is -0.585. The van der Waals surface area contributed by atoms with Crippen LogP contribution in [0.25, 0.3) is 0 Å². The molecule has 1 unspecified atom stereocenters. The maximum Gasteiger partial charge on any atom is 0.141 e. The van der Waals surface area contributed by atoms with Crippen molar-refractivity contribution in [2.75, 3.05) is 0 Å². The molecule has 1 aromatic rings. The first-order chi connectivity index (χ1) is 5.74. The molecule has 12 heavy (non-hydrogen) atoms. The molecule has 0 saturated heterocycles. The van der Waals surface area contributed by atoms with Crippen LogP contribution in [0, 0.1) is 5.82 Å². The summed E-state index contributed by atoms with van der Waals surface area (Å²) in [6.07, 6.45) is 3.55. The maximum absolute atomic E-state index is 12.6. The quantitative estimate of drug-likeness (QED) is 0.751. The first kappa shape index (κ1) is 9.13. The monoisotopic (exact) mass is 169 g/mol. The van der Waals surface area contributed by atoms with E-state index in [1.54, 1.807) is 0 Å². The van der Waals surface area contributed by atoms with Crippen LogP contribution in [0.3, 0.4) is 0 Å². The van der Waals surface area contributed by atoms with Gasteiger partial charge in [-0.25, -0.2) is 4.39 Å². The number of pyridine rings is 1. The van der Waals surface area contributed by atoms with E-state index in [4.69, 9.17) is 0 Å². The van der Waals surface area contributed by atoms with Gasteiger partial charge in [0.1, 0.15) is 5.82 Å². The summed E-state index contributed by atoms with van der Waals surface area (Å²) < 4.78 is 12.6. The Morgan fingerprint density at radius 3 is 2.92 bits per heavy atom. The van der Waals surface area contributed by atoms with Crippen LogP contribution < -0.4 is 0 Å². The zero-order valence-electron chi connectivity index (χ0n) is 7.00. The van der Waals surface area contributed by atoms with E-state index >= 15 is 0 Å². The highest BCUT2D eigenvalue weighted by atomic mass is 19.1. The van der Waals surface area contributed by atoms with Gasteiger partial charge in [0.05, 0.1) is 12.3 Å². The normalized spacial score (nSPS) is 12.9. The topological polar surface area (TPSA) is 33.1 Å². The molecule has 0 saturated carbocycles. The average molecular weight is 169 g/mol. The fourth-order valence-corrected chi connectivity index (χ4v) is 1.05. The molecular formula is C9H12FNO. The van der Waals surface area contributed by atoms with Gasteiger partial charge in [0.2, 0.25) is 0 Å². The predicted molar refractivity (Wildman–Crippen MR) is 44.1 cm³/mol. The van der Waals surface area contributed by atoms with E-state index in [9.17, 15) is 9.50 Å². The Labute approximate surface area is 71.1 Å². The van der Waals surface area contributed by atoms with E-state index < -0.39 is 11.9 Å². The minimum Gasteiger partial charge on any atom is -0.388 e. The Bertz CT molecular complexity index is 252. The van der Waals surface area contributed by atoms with Gasteiger partial charge in [0.15, 0.2) is 0 Å². The molecule has 66 valence electrons. The largest absolute Gasteiger partial charge is 0.388 e. The number of aromatic nitrogens is 1. The van der Waals surface area contributed by atoms with Crippen LogP contribution in [0.1, 0.15) is 31.4 Å². The van der Waals surface area contributed by atoms with Gasteiger partial charge in [-0.2, -0.15) is 0 Å². The number of halogens is 1. The summed E-state index contributed by atoms with van der Waals surface area (Å²) in [5, 5.41) is 9.44. The van der Waals surface area contributed by atoms with Crippen molar-refractivity contribution in [1.29, 1.82) is 0 Å². The van der Waals surface area contributed by atoms with Crippen LogP contribution in [-0.2, 0) is 0 Å². The van der Waals surface area contributed by atoms with E-state index in [0.717, 1.165) is 12.6 Å². The molecule has 0 aliphatic carbocycles. The number of hydrogen-bond acceptors (Lipinski definition) is 2. The summed E-state index contributed by atoms with van der Waals surface area (Å²) in [6, 6.07) is 1.31. The van der Waals surface area contributed by atoms with E-state index in [1.165, 1.54) is 12.3 Å². The van der Waals surface area contributed by atoms with Crippen molar-refractivity contribution in [3.05, 3.63) is 29.8 Å². The van der Waals surface area contributed by atoms with E-state index in [1.807, 2.05) is 6.92 Å². The van der Waals surface area contributed by atoms with Crippen LogP contribution in [0.5, 0.6) is 0 Å². The zero-order chi connectivity index (χ0) is 8.97. The maximum atomic E-state index is 12.6. The Balaban J connectivity index is 2.73. The summed E-state index contributed by atoms with van der Waals surface area (Å²) in [4.78, 5) is 3.65. The van der Waals surface area contributed by atoms with Gasteiger partial charge in [-0.1, -0.05) is 13.3 Å². The lowest BCUT2D eigenvalue weighted by atomic mass is 10.1. The van der Waals surface area contributed by atoms with Crippen molar-refractivity contribution in [2.45, 2.75) is 25.9 Å². The lowest BCUT2D eigenvalue weighted by Gasteiger charge is -2.07. The smallest absolute Gasteiger partial charge is 0.141 e. The van der Waals surface area contributed by atoms with Gasteiger partial charge < -0.3 is 5.11 Å². The number of rotatable bonds is 3. The second kappa shape index (κ2) is 4.16. The summed E-state index contributed by atoms with van der Waals surface area (Å²) in [5.41, 5.74) is 0.553. The van der Waals surface area contributed by atoms with Crippen LogP contribution in [-0.4, -0.2) is 10.1 Å². The van der Waals surface area contributed by atoms with E-state index in [-0.39, 0.29) is 0 Å². The molecule has 2 nitrogen and oxygen atoms in total. The average Bonchev–Trinajstić information content (AvgIpc) is 2.05. The Morgan fingerprint density at radius 2 is 2.33 bits per heavy atom. The van der Waals surface area contributed by atoms with Gasteiger partial charge in [0, 0.05) is 11.8 Å². The van der Waals surface area contributed by atoms with Crippen molar-refractivity contribution >= 4 is 0 Å². The van der Waals surface area contributed by atoms with Gasteiger partial charge in [-0.05, 0) is 12.5 Å². The second-order valence-electron chi connectivity index (χ2n) is 2.74. The standard InChI is InChI=1S/C9H12FNO/c1-2-3-9(12)7-4-8(10)6-11-5-7/h4-6,9,12H,2-3H2,1H3. The third-order valence-corrected chi connectivity index (χ3v) is 1.67. The van der Waals surface area contributed by atoms with Gasteiger partial charge in [0.25, 0.3) is 0 Å². The number of nitrogens with zero attached hydrogens (tertiary/aromatic N) is 1. The number of hydrogen-bond donors (Lipinski definition) is 1. The van der Waals surface area contributed by atoms with Gasteiger partial charge in [-0.3, -0.25) is 4.98 Å². The first-order valence-electron chi connectivity index (χ1n) is 4.02. The summed E-state index contributed by atoms with van der Waals surface area (Å²) in [6.45, 7) is 1.97. The van der Waals surface area contributed by atoms with Crippen LogP contribution in [0.4, 0.5) is 4.39 Å². The van der Waals surface area contributed by atoms with E-state index in [2.05, 4.69) is 4.98 Å². The van der Waals surface area contributed by atoms with E-state index in [0.29, 0.717) is 12.0 Å². The first-order valence-corrected chi connectivity index (χ1v) is 4.02. The lowest BCUT2D eigenvalue weighted by Crippen LogP contribution is -1.97. The van der Waals surface area contributed by atoms with Crippen molar-refractivity contribution in [3.63, 3.8) is 0 Å². The third kappa shape index (κ3) is 2.27. The molecule has 0 bridgehead atoms. The highest BCUT2D eigenvalue weighted by Gasteiger charge is 2.06. The Kier molecular flexibility index (Phi) is 3.17. The molecule has 0 aliphatic rings. The molecule has 1 atom stereocenters. The molecule has 1 N–H and O–H groups in total. The second-order valence-corrected chi connectivity index (χ2v) is 2.74. The SMILES string of the molecule is CCCC(O)c1cncc(F)c1. The summed E-state index contributed by atoms with van der Waals surface area (Å²) >= 11 is 0. The molecule has 0 aliphatic heterocycles. The Hall–Kier alpha value is -0.960. The molecule has 3 heteroatoms. The predicted octanol–water partition coefficient (Wildman–Crippen LogP) is 2.05. The van der Waals surface area contributed by atoms with Crippen molar-refractivity contribution in [3.8, 4) is 0 Å². The van der Waals surface area contributed by atoms with Crippen LogP contribution >= 0.6 is 0 Å². The summed E-state index contributed by atoms with van der Waals surface area (Å²) in [7, 11) is 0. The molecule has 1 heterocycles. The highest BCUT2D eigenvalue weighted by molar-refractivity contribution is 5.12. The molecule has 0 fully saturated rings. The van der Waals surface area contributed by atoms with Crippen LogP contribution in [0.15, 0.2) is 18.5 Å². The molecule has 0 radical (unpaired) electrons. The number of aliphatic hydroxyl groups is 1. The highest BCUT2D eigenvalue weighted by Crippen LogP contribution is 2.17. The molecule has 0 amide bonds. The molecule has 1 rings (SSSR count). The molecule has 1 aromatic heterocycles. The van der Waals surface area contributed by atoms with Gasteiger partial charge >= 0.3 is 0 Å². The molecule has 0 spiro atoms. The van der Waals surface area contributed by atoms with Crippen LogP contribution in [0.2, 0.25) is 0 Å². The van der Waals surface area contributed by atoms with Crippen molar-refractivity contribution < 1.29 is 9.50 Å². The molecule has 0 aromatic carbocycles. The molecular weight excluding hydrogens is 157 g/mol. The minimum absolute atomic E-state index is 0.400. The van der Waals surface area contributed by atoms with Crippen molar-refractivity contribution in [1.82, 2.24) is 4.98 Å². The lowest BCUT2D eigenvalue weighted by molar-refractivity contribution is 0.165. The fraction of sp³-hybridized carbons (Fsp3) is 0.444. The third-order valence-electron chi connectivity index (χ3n) is 1.67. The number of aliphatic hydroxyl groups excluding tert-OH is 1. The summed E-state index contributed by atoms with van der Waals surface area (Å²) in [5.74, 6) is -0.400. The van der Waals surface area contributed by atoms with Crippen molar-refractivity contribution in [2.24, 2.45) is 0 Å². The van der Waals surface area contributed by atoms with Gasteiger partial charge in [-0.15, -0.1) is 0 Å². The zero-order valence-corrected chi connectivity index (χ0v) is 7.00. The fourth-order valence-electron chi connectivity index (χ4n) is 1.05. The Morgan fingerprint density at radius 1 is 1.58 bits per heavy atom.